The van der Waals surface area contributed by atoms with E-state index in [0.29, 0.717) is 18.0 Å². The lowest BCUT2D eigenvalue weighted by molar-refractivity contribution is 0.0940. The van der Waals surface area contributed by atoms with E-state index in [0.717, 1.165) is 36.3 Å². The molecule has 2 aliphatic carbocycles. The average Bonchev–Trinajstić information content (AvgIpc) is 3.32. The molecule has 0 aliphatic heterocycles. The van der Waals surface area contributed by atoms with Gasteiger partial charge in [0, 0.05) is 18.8 Å². The van der Waals surface area contributed by atoms with Crippen LogP contribution in [0, 0.1) is 24.7 Å². The van der Waals surface area contributed by atoms with Gasteiger partial charge in [-0.3, -0.25) is 9.48 Å². The lowest BCUT2D eigenvalue weighted by atomic mass is 9.86. The minimum absolute atomic E-state index is 0.148. The van der Waals surface area contributed by atoms with Crippen molar-refractivity contribution in [2.45, 2.75) is 45.6 Å². The van der Waals surface area contributed by atoms with Gasteiger partial charge < -0.3 is 9.84 Å². The summed E-state index contributed by atoms with van der Waals surface area (Å²) in [7, 11) is 0. The Kier molecular flexibility index (Phi) is 4.12. The van der Waals surface area contributed by atoms with Crippen LogP contribution in [0.15, 0.2) is 23.0 Å². The van der Waals surface area contributed by atoms with Crippen molar-refractivity contribution in [3.05, 3.63) is 35.5 Å². The van der Waals surface area contributed by atoms with E-state index in [-0.39, 0.29) is 5.91 Å². The summed E-state index contributed by atoms with van der Waals surface area (Å²) in [6.07, 6.45) is 10.4. The first-order chi connectivity index (χ1) is 11.7. The molecule has 2 bridgehead atoms. The number of nitrogens with zero attached hydrogens (tertiary/aromatic N) is 3. The Morgan fingerprint density at radius 2 is 2.33 bits per heavy atom. The predicted molar refractivity (Wildman–Crippen MR) is 88.5 cm³/mol. The molecular weight excluding hydrogens is 304 g/mol. The van der Waals surface area contributed by atoms with Crippen molar-refractivity contribution in [3.63, 3.8) is 0 Å². The minimum Gasteiger partial charge on any atom is -0.359 e. The summed E-state index contributed by atoms with van der Waals surface area (Å²) in [6, 6.07) is 1.70. The highest BCUT2D eigenvalue weighted by Crippen LogP contribution is 2.49. The Morgan fingerprint density at radius 1 is 1.42 bits per heavy atom. The lowest BCUT2D eigenvalue weighted by Crippen LogP contribution is -2.27. The second kappa shape index (κ2) is 6.42. The highest BCUT2D eigenvalue weighted by atomic mass is 16.5. The van der Waals surface area contributed by atoms with Crippen LogP contribution < -0.4 is 5.32 Å². The van der Waals surface area contributed by atoms with Gasteiger partial charge in [-0.1, -0.05) is 11.6 Å². The third kappa shape index (κ3) is 3.23. The maximum atomic E-state index is 12.2. The zero-order valence-corrected chi connectivity index (χ0v) is 14.1. The van der Waals surface area contributed by atoms with Crippen molar-refractivity contribution in [2.24, 2.45) is 17.8 Å². The maximum absolute atomic E-state index is 12.2. The van der Waals surface area contributed by atoms with E-state index in [1.807, 2.05) is 13.1 Å². The first kappa shape index (κ1) is 15.4. The molecule has 3 atom stereocenters. The van der Waals surface area contributed by atoms with E-state index < -0.39 is 0 Å². The van der Waals surface area contributed by atoms with Crippen molar-refractivity contribution in [2.75, 3.05) is 6.54 Å². The lowest BCUT2D eigenvalue weighted by Gasteiger charge is -2.21. The standard InChI is InChI=1S/C18H24N4O2/c1-12-9-20-22(10-12)11-16-8-17(21-24-16)18(23)19-5-4-15-7-13-2-3-14(15)6-13/h8-10,13-15H,2-7,11H2,1H3,(H,19,23)/t13-,14-,15+/m0/s1. The number of nitrogens with one attached hydrogen (secondary N) is 1. The van der Waals surface area contributed by atoms with Gasteiger partial charge in [0.1, 0.15) is 6.54 Å². The van der Waals surface area contributed by atoms with E-state index in [1.165, 1.54) is 25.7 Å². The molecule has 4 rings (SSSR count). The molecule has 0 radical (unpaired) electrons. The highest BCUT2D eigenvalue weighted by molar-refractivity contribution is 5.92. The molecule has 2 heterocycles. The van der Waals surface area contributed by atoms with Gasteiger partial charge >= 0.3 is 0 Å². The van der Waals surface area contributed by atoms with Crippen LogP contribution in [-0.2, 0) is 6.54 Å². The van der Waals surface area contributed by atoms with Gasteiger partial charge in [-0.25, -0.2) is 0 Å². The molecule has 2 aromatic rings. The Morgan fingerprint density at radius 3 is 3.04 bits per heavy atom. The van der Waals surface area contributed by atoms with E-state index >= 15 is 0 Å². The van der Waals surface area contributed by atoms with Crippen molar-refractivity contribution >= 4 is 5.91 Å². The Bertz CT molecular complexity index is 720. The smallest absolute Gasteiger partial charge is 0.273 e. The molecule has 2 aromatic heterocycles. The molecule has 128 valence electrons. The average molecular weight is 328 g/mol. The molecule has 0 saturated heterocycles. The van der Waals surface area contributed by atoms with Gasteiger partial charge in [0.25, 0.3) is 5.91 Å². The first-order valence-corrected chi connectivity index (χ1v) is 8.90. The summed E-state index contributed by atoms with van der Waals surface area (Å²) in [5.74, 6) is 3.16. The van der Waals surface area contributed by atoms with Gasteiger partial charge in [-0.2, -0.15) is 5.10 Å². The summed E-state index contributed by atoms with van der Waals surface area (Å²) < 4.78 is 7.02. The fourth-order valence-electron chi connectivity index (χ4n) is 4.40. The fraction of sp³-hybridized carbons (Fsp3) is 0.611. The quantitative estimate of drug-likeness (QED) is 0.885. The van der Waals surface area contributed by atoms with Crippen LogP contribution in [0.4, 0.5) is 0 Å². The number of aryl methyl sites for hydroxylation is 1. The van der Waals surface area contributed by atoms with Crippen LogP contribution in [-0.4, -0.2) is 27.4 Å². The van der Waals surface area contributed by atoms with E-state index in [9.17, 15) is 4.79 Å². The minimum atomic E-state index is -0.148. The van der Waals surface area contributed by atoms with Crippen molar-refractivity contribution in [3.8, 4) is 0 Å². The molecule has 2 aliphatic rings. The van der Waals surface area contributed by atoms with Crippen molar-refractivity contribution in [1.29, 1.82) is 0 Å². The number of carbonyl (C=O) groups excluding carboxylic acids is 1. The SMILES string of the molecule is Cc1cnn(Cc2cc(C(=O)NCC[C@@H]3C[C@H]4CC[C@H]3C4)no2)c1. The summed E-state index contributed by atoms with van der Waals surface area (Å²) in [5, 5.41) is 11.1. The van der Waals surface area contributed by atoms with Gasteiger partial charge in [0.15, 0.2) is 11.5 Å². The van der Waals surface area contributed by atoms with Crippen LogP contribution in [0.25, 0.3) is 0 Å². The van der Waals surface area contributed by atoms with Gasteiger partial charge in [0.2, 0.25) is 0 Å². The molecule has 0 unspecified atom stereocenters. The number of hydrogen-bond acceptors (Lipinski definition) is 4. The monoisotopic (exact) mass is 328 g/mol. The number of fused-ring (bicyclic) bond motifs is 2. The van der Waals surface area contributed by atoms with Crippen molar-refractivity contribution in [1.82, 2.24) is 20.3 Å². The number of rotatable bonds is 6. The maximum Gasteiger partial charge on any atom is 0.273 e. The van der Waals surface area contributed by atoms with Crippen LogP contribution in [0.1, 0.15) is 53.9 Å². The normalized spacial score (nSPS) is 25.3. The van der Waals surface area contributed by atoms with E-state index in [1.54, 1.807) is 16.9 Å². The molecule has 24 heavy (non-hydrogen) atoms. The second-order valence-electron chi connectivity index (χ2n) is 7.37. The molecule has 6 heteroatoms. The Hall–Kier alpha value is -2.11. The summed E-state index contributed by atoms with van der Waals surface area (Å²) in [5.41, 5.74) is 1.44. The van der Waals surface area contributed by atoms with E-state index in [2.05, 4.69) is 15.6 Å². The fourth-order valence-corrected chi connectivity index (χ4v) is 4.40. The zero-order chi connectivity index (χ0) is 16.5. The third-order valence-electron chi connectivity index (χ3n) is 5.56. The molecule has 2 saturated carbocycles. The molecule has 0 spiro atoms. The van der Waals surface area contributed by atoms with E-state index in [4.69, 9.17) is 4.52 Å². The van der Waals surface area contributed by atoms with Crippen LogP contribution in [0.5, 0.6) is 0 Å². The van der Waals surface area contributed by atoms with Crippen LogP contribution in [0.3, 0.4) is 0 Å². The second-order valence-corrected chi connectivity index (χ2v) is 7.37. The first-order valence-electron chi connectivity index (χ1n) is 8.90. The summed E-state index contributed by atoms with van der Waals surface area (Å²) in [4.78, 5) is 12.2. The van der Waals surface area contributed by atoms with Crippen molar-refractivity contribution < 1.29 is 9.32 Å². The molecule has 6 nitrogen and oxygen atoms in total. The summed E-state index contributed by atoms with van der Waals surface area (Å²) in [6.45, 7) is 3.20. The summed E-state index contributed by atoms with van der Waals surface area (Å²) >= 11 is 0. The number of amides is 1. The largest absolute Gasteiger partial charge is 0.359 e. The Labute approximate surface area is 141 Å². The zero-order valence-electron chi connectivity index (χ0n) is 14.1. The van der Waals surface area contributed by atoms with Crippen LogP contribution in [0.2, 0.25) is 0 Å². The topological polar surface area (TPSA) is 73.0 Å². The molecule has 2 fully saturated rings. The molecule has 1 N–H and O–H groups in total. The molecule has 1 amide bonds. The molecule has 0 aromatic carbocycles. The van der Waals surface area contributed by atoms with Gasteiger partial charge in [0.05, 0.1) is 6.20 Å². The van der Waals surface area contributed by atoms with Gasteiger partial charge in [-0.15, -0.1) is 0 Å². The Balaban J connectivity index is 1.26. The number of aromatic nitrogens is 3. The number of carbonyl (C=O) groups is 1. The molecular formula is C18H24N4O2. The predicted octanol–water partition coefficient (Wildman–Crippen LogP) is 2.78. The van der Waals surface area contributed by atoms with Gasteiger partial charge in [-0.05, 0) is 55.9 Å². The number of hydrogen-bond donors (Lipinski definition) is 1. The van der Waals surface area contributed by atoms with Crippen LogP contribution >= 0.6 is 0 Å². The highest BCUT2D eigenvalue weighted by Gasteiger charge is 2.38. The third-order valence-corrected chi connectivity index (χ3v) is 5.56.